The molecule has 6 heteroatoms. The first kappa shape index (κ1) is 22.2. The number of rotatable bonds is 6. The fourth-order valence-electron chi connectivity index (χ4n) is 3.80. The van der Waals surface area contributed by atoms with Crippen molar-refractivity contribution in [1.82, 2.24) is 16.0 Å². The molecule has 1 aliphatic rings. The van der Waals surface area contributed by atoms with Gasteiger partial charge in [-0.15, -0.1) is 0 Å². The van der Waals surface area contributed by atoms with E-state index in [9.17, 15) is 4.79 Å². The van der Waals surface area contributed by atoms with Crippen molar-refractivity contribution < 1.29 is 9.53 Å². The highest BCUT2D eigenvalue weighted by atomic mass is 16.5. The molecule has 1 aromatic carbocycles. The van der Waals surface area contributed by atoms with Crippen molar-refractivity contribution in [1.29, 1.82) is 0 Å². The van der Waals surface area contributed by atoms with Crippen molar-refractivity contribution >= 4 is 11.9 Å². The number of aliphatic imine (C=N–C) groups is 1. The lowest BCUT2D eigenvalue weighted by Gasteiger charge is -2.40. The molecule has 0 spiro atoms. The summed E-state index contributed by atoms with van der Waals surface area (Å²) in [5, 5.41) is 9.49. The van der Waals surface area contributed by atoms with E-state index in [2.05, 4.69) is 41.7 Å². The van der Waals surface area contributed by atoms with Crippen LogP contribution in [0.1, 0.15) is 49.5 Å². The van der Waals surface area contributed by atoms with E-state index in [0.29, 0.717) is 11.5 Å². The fourth-order valence-corrected chi connectivity index (χ4v) is 3.80. The maximum atomic E-state index is 11.8. The SMILES string of the molecule is CN=C(NCCc1cccc(C(=O)NC)c1)NCC1CCCOC1C(C)(C)C. The molecule has 2 unspecified atom stereocenters. The number of hydrogen-bond acceptors (Lipinski definition) is 3. The van der Waals surface area contributed by atoms with Crippen LogP contribution in [-0.2, 0) is 11.2 Å². The van der Waals surface area contributed by atoms with Crippen LogP contribution >= 0.6 is 0 Å². The van der Waals surface area contributed by atoms with Crippen LogP contribution in [0.25, 0.3) is 0 Å². The van der Waals surface area contributed by atoms with Gasteiger partial charge in [0.15, 0.2) is 5.96 Å². The van der Waals surface area contributed by atoms with Crippen LogP contribution < -0.4 is 16.0 Å². The Morgan fingerprint density at radius 3 is 2.75 bits per heavy atom. The monoisotopic (exact) mass is 388 g/mol. The molecule has 1 amide bonds. The van der Waals surface area contributed by atoms with Gasteiger partial charge in [0.25, 0.3) is 5.91 Å². The van der Waals surface area contributed by atoms with Crippen LogP contribution in [0.3, 0.4) is 0 Å². The molecule has 2 atom stereocenters. The van der Waals surface area contributed by atoms with Gasteiger partial charge in [-0.2, -0.15) is 0 Å². The third kappa shape index (κ3) is 6.51. The molecule has 3 N–H and O–H groups in total. The van der Waals surface area contributed by atoms with E-state index in [1.807, 2.05) is 24.3 Å². The van der Waals surface area contributed by atoms with Crippen LogP contribution in [0.5, 0.6) is 0 Å². The van der Waals surface area contributed by atoms with Crippen molar-refractivity contribution in [3.63, 3.8) is 0 Å². The number of nitrogens with zero attached hydrogens (tertiary/aromatic N) is 1. The number of benzene rings is 1. The molecule has 1 saturated heterocycles. The standard InChI is InChI=1S/C22H36N4O2/c1-22(2,3)19-18(10-7-13-28-19)15-26-21(24-5)25-12-11-16-8-6-9-17(14-16)20(27)23-4/h6,8-9,14,18-19H,7,10-13,15H2,1-5H3,(H,23,27)(H2,24,25,26). The zero-order valence-corrected chi connectivity index (χ0v) is 18.0. The second-order valence-corrected chi connectivity index (χ2v) is 8.47. The Labute approximate surface area is 169 Å². The second-order valence-electron chi connectivity index (χ2n) is 8.47. The van der Waals surface area contributed by atoms with Crippen molar-refractivity contribution in [3.8, 4) is 0 Å². The zero-order chi connectivity index (χ0) is 20.6. The first-order valence-corrected chi connectivity index (χ1v) is 10.2. The first-order chi connectivity index (χ1) is 13.3. The maximum absolute atomic E-state index is 11.8. The van der Waals surface area contributed by atoms with Crippen LogP contribution in [0.4, 0.5) is 0 Å². The molecule has 0 aliphatic carbocycles. The van der Waals surface area contributed by atoms with Crippen molar-refractivity contribution in [3.05, 3.63) is 35.4 Å². The topological polar surface area (TPSA) is 74.8 Å². The van der Waals surface area contributed by atoms with Gasteiger partial charge in [0, 0.05) is 45.3 Å². The van der Waals surface area contributed by atoms with E-state index in [1.54, 1.807) is 14.1 Å². The predicted molar refractivity (Wildman–Crippen MR) is 115 cm³/mol. The van der Waals surface area contributed by atoms with Gasteiger partial charge >= 0.3 is 0 Å². The molecule has 156 valence electrons. The Kier molecular flexibility index (Phi) is 8.30. The van der Waals surface area contributed by atoms with Crippen molar-refractivity contribution in [2.24, 2.45) is 16.3 Å². The number of ether oxygens (including phenoxy) is 1. The molecule has 0 aromatic heterocycles. The third-order valence-corrected chi connectivity index (χ3v) is 5.18. The van der Waals surface area contributed by atoms with E-state index in [1.165, 1.54) is 6.42 Å². The minimum absolute atomic E-state index is 0.0598. The summed E-state index contributed by atoms with van der Waals surface area (Å²) in [6, 6.07) is 7.72. The molecule has 0 saturated carbocycles. The van der Waals surface area contributed by atoms with Crippen molar-refractivity contribution in [2.75, 3.05) is 33.8 Å². The number of nitrogens with one attached hydrogen (secondary N) is 3. The molecule has 1 aliphatic heterocycles. The lowest BCUT2D eigenvalue weighted by Crippen LogP contribution is -2.47. The van der Waals surface area contributed by atoms with Gasteiger partial charge in [-0.05, 0) is 42.4 Å². The largest absolute Gasteiger partial charge is 0.377 e. The summed E-state index contributed by atoms with van der Waals surface area (Å²) in [6.07, 6.45) is 3.38. The number of hydrogen-bond donors (Lipinski definition) is 3. The summed E-state index contributed by atoms with van der Waals surface area (Å²) in [4.78, 5) is 16.1. The predicted octanol–water partition coefficient (Wildman–Crippen LogP) is 2.59. The molecule has 2 rings (SSSR count). The van der Waals surface area contributed by atoms with Gasteiger partial charge in [-0.3, -0.25) is 9.79 Å². The summed E-state index contributed by atoms with van der Waals surface area (Å²) in [6.45, 7) is 9.21. The van der Waals surface area contributed by atoms with Crippen LogP contribution in [0, 0.1) is 11.3 Å². The van der Waals surface area contributed by atoms with E-state index < -0.39 is 0 Å². The number of carbonyl (C=O) groups is 1. The zero-order valence-electron chi connectivity index (χ0n) is 18.0. The van der Waals surface area contributed by atoms with Gasteiger partial charge in [0.1, 0.15) is 0 Å². The Bertz CT molecular complexity index is 667. The smallest absolute Gasteiger partial charge is 0.251 e. The quantitative estimate of drug-likeness (QED) is 0.517. The highest BCUT2D eigenvalue weighted by Gasteiger charge is 2.35. The van der Waals surface area contributed by atoms with Gasteiger partial charge in [-0.1, -0.05) is 32.9 Å². The molecule has 1 aromatic rings. The van der Waals surface area contributed by atoms with Gasteiger partial charge in [0.2, 0.25) is 0 Å². The molecule has 0 radical (unpaired) electrons. The van der Waals surface area contributed by atoms with Crippen LogP contribution in [0.15, 0.2) is 29.3 Å². The first-order valence-electron chi connectivity index (χ1n) is 10.2. The van der Waals surface area contributed by atoms with Gasteiger partial charge in [-0.25, -0.2) is 0 Å². The van der Waals surface area contributed by atoms with Crippen LogP contribution in [0.2, 0.25) is 0 Å². The highest BCUT2D eigenvalue weighted by Crippen LogP contribution is 2.33. The Balaban J connectivity index is 1.82. The Morgan fingerprint density at radius 2 is 2.07 bits per heavy atom. The van der Waals surface area contributed by atoms with Gasteiger partial charge in [0.05, 0.1) is 6.10 Å². The summed E-state index contributed by atoms with van der Waals surface area (Å²) in [5.41, 5.74) is 1.95. The third-order valence-electron chi connectivity index (χ3n) is 5.18. The molecule has 0 bridgehead atoms. The fraction of sp³-hybridized carbons (Fsp3) is 0.636. The van der Waals surface area contributed by atoms with E-state index >= 15 is 0 Å². The maximum Gasteiger partial charge on any atom is 0.251 e. The normalized spacial score (nSPS) is 20.5. The number of amides is 1. The summed E-state index contributed by atoms with van der Waals surface area (Å²) in [5.74, 6) is 1.23. The lowest BCUT2D eigenvalue weighted by atomic mass is 9.78. The minimum atomic E-state index is -0.0598. The Hall–Kier alpha value is -2.08. The number of carbonyl (C=O) groups excluding carboxylic acids is 1. The van der Waals surface area contributed by atoms with E-state index in [4.69, 9.17) is 4.74 Å². The van der Waals surface area contributed by atoms with Gasteiger partial charge < -0.3 is 20.7 Å². The molecule has 1 fully saturated rings. The minimum Gasteiger partial charge on any atom is -0.377 e. The highest BCUT2D eigenvalue weighted by molar-refractivity contribution is 5.94. The average Bonchev–Trinajstić information content (AvgIpc) is 2.69. The summed E-state index contributed by atoms with van der Waals surface area (Å²) >= 11 is 0. The van der Waals surface area contributed by atoms with E-state index in [-0.39, 0.29) is 17.4 Å². The van der Waals surface area contributed by atoms with Crippen molar-refractivity contribution in [2.45, 2.75) is 46.1 Å². The molecule has 6 nitrogen and oxygen atoms in total. The average molecular weight is 389 g/mol. The summed E-state index contributed by atoms with van der Waals surface area (Å²) < 4.78 is 6.07. The summed E-state index contributed by atoms with van der Waals surface area (Å²) in [7, 11) is 3.44. The van der Waals surface area contributed by atoms with E-state index in [0.717, 1.165) is 44.1 Å². The molecular formula is C22H36N4O2. The Morgan fingerprint density at radius 1 is 1.29 bits per heavy atom. The lowest BCUT2D eigenvalue weighted by molar-refractivity contribution is -0.0835. The molecule has 28 heavy (non-hydrogen) atoms. The number of guanidine groups is 1. The molecule has 1 heterocycles. The van der Waals surface area contributed by atoms with Crippen LogP contribution in [-0.4, -0.2) is 51.8 Å². The molecular weight excluding hydrogens is 352 g/mol. The second kappa shape index (κ2) is 10.5.